The third-order valence-electron chi connectivity index (χ3n) is 6.30. The summed E-state index contributed by atoms with van der Waals surface area (Å²) in [6, 6.07) is 9.55. The average Bonchev–Trinajstić information content (AvgIpc) is 3.29. The van der Waals surface area contributed by atoms with Gasteiger partial charge in [0.1, 0.15) is 5.75 Å². The van der Waals surface area contributed by atoms with Gasteiger partial charge in [-0.1, -0.05) is 6.07 Å². The number of amides is 2. The highest BCUT2D eigenvalue weighted by Crippen LogP contribution is 2.30. The number of rotatable bonds is 5. The highest BCUT2D eigenvalue weighted by atomic mass is 16.5. The predicted molar refractivity (Wildman–Crippen MR) is 114 cm³/mol. The Bertz CT molecular complexity index is 930. The molecule has 1 aromatic heterocycles. The molecule has 1 atom stereocenters. The highest BCUT2D eigenvalue weighted by Gasteiger charge is 2.38. The highest BCUT2D eigenvalue weighted by molar-refractivity contribution is 6.00. The molecule has 2 fully saturated rings. The standard InChI is InChI=1S/C23H30N4O3/c1-16-11-17(2)27(24-16)14-18-7-9-25(10-8-18)23(29)19-12-22(28)26(15-19)20-5-4-6-21(13-20)30-3/h4-6,11,13,18-19H,7-10,12,14-15H2,1-3H3. The van der Waals surface area contributed by atoms with Crippen molar-refractivity contribution in [3.05, 3.63) is 41.7 Å². The molecule has 0 aliphatic carbocycles. The van der Waals surface area contributed by atoms with Crippen molar-refractivity contribution in [2.45, 2.75) is 39.7 Å². The molecule has 2 amide bonds. The number of hydrogen-bond acceptors (Lipinski definition) is 4. The van der Waals surface area contributed by atoms with Gasteiger partial charge in [0.05, 0.1) is 18.7 Å². The lowest BCUT2D eigenvalue weighted by Crippen LogP contribution is -2.43. The molecule has 7 heteroatoms. The van der Waals surface area contributed by atoms with E-state index in [9.17, 15) is 9.59 Å². The molecule has 160 valence electrons. The minimum absolute atomic E-state index is 0.000941. The predicted octanol–water partition coefficient (Wildman–Crippen LogP) is 2.80. The molecule has 2 saturated heterocycles. The summed E-state index contributed by atoms with van der Waals surface area (Å²) in [4.78, 5) is 29.3. The van der Waals surface area contributed by atoms with Crippen LogP contribution in [0.2, 0.25) is 0 Å². The molecule has 1 unspecified atom stereocenters. The number of likely N-dealkylation sites (tertiary alicyclic amines) is 1. The van der Waals surface area contributed by atoms with Gasteiger partial charge in [0, 0.05) is 50.0 Å². The van der Waals surface area contributed by atoms with E-state index in [4.69, 9.17) is 4.74 Å². The number of methoxy groups -OCH3 is 1. The SMILES string of the molecule is COc1cccc(N2CC(C(=O)N3CCC(Cn4nc(C)cc4C)CC3)CC2=O)c1. The quantitative estimate of drug-likeness (QED) is 0.760. The molecular formula is C23H30N4O3. The van der Waals surface area contributed by atoms with Crippen LogP contribution < -0.4 is 9.64 Å². The van der Waals surface area contributed by atoms with Crippen molar-refractivity contribution in [2.75, 3.05) is 31.6 Å². The second-order valence-electron chi connectivity index (χ2n) is 8.48. The monoisotopic (exact) mass is 410 g/mol. The number of carbonyl (C=O) groups excluding carboxylic acids is 2. The first kappa shape index (κ1) is 20.4. The molecule has 0 N–H and O–H groups in total. The molecule has 2 aliphatic heterocycles. The van der Waals surface area contributed by atoms with Crippen LogP contribution in [0.25, 0.3) is 0 Å². The van der Waals surface area contributed by atoms with Gasteiger partial charge in [-0.25, -0.2) is 0 Å². The summed E-state index contributed by atoms with van der Waals surface area (Å²) >= 11 is 0. The van der Waals surface area contributed by atoms with E-state index >= 15 is 0 Å². The first-order chi connectivity index (χ1) is 14.4. The lowest BCUT2D eigenvalue weighted by atomic mass is 9.95. The fraction of sp³-hybridized carbons (Fsp3) is 0.522. The smallest absolute Gasteiger partial charge is 0.228 e. The minimum Gasteiger partial charge on any atom is -0.497 e. The molecule has 7 nitrogen and oxygen atoms in total. The van der Waals surface area contributed by atoms with Crippen LogP contribution in [0.4, 0.5) is 5.69 Å². The van der Waals surface area contributed by atoms with Crippen molar-refractivity contribution >= 4 is 17.5 Å². The number of carbonyl (C=O) groups is 2. The number of piperidine rings is 1. The van der Waals surface area contributed by atoms with Gasteiger partial charge in [-0.05, 0) is 50.8 Å². The van der Waals surface area contributed by atoms with Crippen LogP contribution in [-0.2, 0) is 16.1 Å². The summed E-state index contributed by atoms with van der Waals surface area (Å²) in [6.45, 7) is 6.97. The number of anilines is 1. The first-order valence-corrected chi connectivity index (χ1v) is 10.7. The summed E-state index contributed by atoms with van der Waals surface area (Å²) in [5.41, 5.74) is 3.03. The largest absolute Gasteiger partial charge is 0.497 e. The van der Waals surface area contributed by atoms with Gasteiger partial charge in [-0.15, -0.1) is 0 Å². The maximum atomic E-state index is 13.1. The summed E-state index contributed by atoms with van der Waals surface area (Å²) in [6.07, 6.45) is 2.23. The van der Waals surface area contributed by atoms with Crippen molar-refractivity contribution in [3.8, 4) is 5.75 Å². The van der Waals surface area contributed by atoms with Gasteiger partial charge in [-0.3, -0.25) is 14.3 Å². The lowest BCUT2D eigenvalue weighted by molar-refractivity contribution is -0.137. The van der Waals surface area contributed by atoms with Crippen LogP contribution in [0.3, 0.4) is 0 Å². The molecule has 30 heavy (non-hydrogen) atoms. The van der Waals surface area contributed by atoms with Crippen molar-refractivity contribution in [2.24, 2.45) is 11.8 Å². The van der Waals surface area contributed by atoms with E-state index in [0.29, 0.717) is 18.2 Å². The van der Waals surface area contributed by atoms with E-state index < -0.39 is 0 Å². The Morgan fingerprint density at radius 1 is 1.20 bits per heavy atom. The van der Waals surface area contributed by atoms with E-state index in [-0.39, 0.29) is 24.2 Å². The summed E-state index contributed by atoms with van der Waals surface area (Å²) in [5.74, 6) is 1.08. The van der Waals surface area contributed by atoms with Crippen molar-refractivity contribution < 1.29 is 14.3 Å². The zero-order valence-electron chi connectivity index (χ0n) is 18.0. The van der Waals surface area contributed by atoms with Gasteiger partial charge < -0.3 is 14.5 Å². The molecular weight excluding hydrogens is 380 g/mol. The third-order valence-corrected chi connectivity index (χ3v) is 6.30. The topological polar surface area (TPSA) is 67.7 Å². The van der Waals surface area contributed by atoms with Crippen LogP contribution in [0.1, 0.15) is 30.7 Å². The van der Waals surface area contributed by atoms with E-state index in [0.717, 1.165) is 43.9 Å². The fourth-order valence-corrected chi connectivity index (χ4v) is 4.60. The number of nitrogens with zero attached hydrogens (tertiary/aromatic N) is 4. The second kappa shape index (κ2) is 8.50. The first-order valence-electron chi connectivity index (χ1n) is 10.7. The Balaban J connectivity index is 1.33. The molecule has 0 bridgehead atoms. The van der Waals surface area contributed by atoms with Crippen LogP contribution in [0.15, 0.2) is 30.3 Å². The molecule has 2 aromatic rings. The molecule has 0 spiro atoms. The van der Waals surface area contributed by atoms with E-state index in [1.54, 1.807) is 12.0 Å². The van der Waals surface area contributed by atoms with Gasteiger partial charge in [0.15, 0.2) is 0 Å². The van der Waals surface area contributed by atoms with Crippen LogP contribution in [0, 0.1) is 25.7 Å². The van der Waals surface area contributed by atoms with Gasteiger partial charge in [-0.2, -0.15) is 5.10 Å². The number of aromatic nitrogens is 2. The fourth-order valence-electron chi connectivity index (χ4n) is 4.60. The number of benzene rings is 1. The zero-order chi connectivity index (χ0) is 21.3. The van der Waals surface area contributed by atoms with E-state index in [1.165, 1.54) is 5.69 Å². The lowest BCUT2D eigenvalue weighted by Gasteiger charge is -2.33. The van der Waals surface area contributed by atoms with Gasteiger partial charge in [0.25, 0.3) is 0 Å². The Labute approximate surface area is 177 Å². The molecule has 4 rings (SSSR count). The van der Waals surface area contributed by atoms with Gasteiger partial charge in [0.2, 0.25) is 11.8 Å². The molecule has 0 radical (unpaired) electrons. The summed E-state index contributed by atoms with van der Waals surface area (Å²) in [5, 5.41) is 4.56. The number of hydrogen-bond donors (Lipinski definition) is 0. The minimum atomic E-state index is -0.267. The summed E-state index contributed by atoms with van der Waals surface area (Å²) < 4.78 is 7.34. The van der Waals surface area contributed by atoms with Crippen molar-refractivity contribution in [1.82, 2.24) is 14.7 Å². The van der Waals surface area contributed by atoms with E-state index in [2.05, 4.69) is 22.8 Å². The molecule has 1 aromatic carbocycles. The Hall–Kier alpha value is -2.83. The Morgan fingerprint density at radius 2 is 1.97 bits per heavy atom. The zero-order valence-corrected chi connectivity index (χ0v) is 18.0. The summed E-state index contributed by atoms with van der Waals surface area (Å²) in [7, 11) is 1.61. The third kappa shape index (κ3) is 4.20. The normalized spacial score (nSPS) is 20.1. The molecule has 2 aliphatic rings. The van der Waals surface area contributed by atoms with Crippen molar-refractivity contribution in [3.63, 3.8) is 0 Å². The Morgan fingerprint density at radius 3 is 2.63 bits per heavy atom. The number of ether oxygens (including phenoxy) is 1. The Kier molecular flexibility index (Phi) is 5.79. The van der Waals surface area contributed by atoms with E-state index in [1.807, 2.05) is 36.1 Å². The molecule has 3 heterocycles. The number of aryl methyl sites for hydroxylation is 2. The maximum Gasteiger partial charge on any atom is 0.228 e. The van der Waals surface area contributed by atoms with Crippen molar-refractivity contribution in [1.29, 1.82) is 0 Å². The van der Waals surface area contributed by atoms with Crippen LogP contribution in [0.5, 0.6) is 5.75 Å². The van der Waals surface area contributed by atoms with Crippen LogP contribution >= 0.6 is 0 Å². The maximum absolute atomic E-state index is 13.1. The average molecular weight is 411 g/mol. The molecule has 0 saturated carbocycles. The van der Waals surface area contributed by atoms with Crippen LogP contribution in [-0.4, -0.2) is 53.2 Å². The second-order valence-corrected chi connectivity index (χ2v) is 8.48. The van der Waals surface area contributed by atoms with Gasteiger partial charge >= 0.3 is 0 Å².